The van der Waals surface area contributed by atoms with Crippen molar-refractivity contribution in [1.29, 1.82) is 0 Å². The van der Waals surface area contributed by atoms with Gasteiger partial charge in [0, 0.05) is 17.0 Å². The van der Waals surface area contributed by atoms with Crippen LogP contribution in [0.2, 0.25) is 0 Å². The topological polar surface area (TPSA) is 24.7 Å². The van der Waals surface area contributed by atoms with Crippen molar-refractivity contribution in [2.24, 2.45) is 9.98 Å². The van der Waals surface area contributed by atoms with E-state index in [9.17, 15) is 0 Å². The van der Waals surface area contributed by atoms with E-state index in [2.05, 4.69) is 30.4 Å². The van der Waals surface area contributed by atoms with Crippen molar-refractivity contribution in [3.05, 3.63) is 139 Å². The van der Waals surface area contributed by atoms with Crippen LogP contribution in [0.4, 0.5) is 11.4 Å². The molecule has 0 fully saturated rings. The third-order valence-electron chi connectivity index (χ3n) is 5.09. The number of benzene rings is 4. The van der Waals surface area contributed by atoms with Gasteiger partial charge in [0.2, 0.25) is 0 Å². The third-order valence-corrected chi connectivity index (χ3v) is 5.93. The summed E-state index contributed by atoms with van der Waals surface area (Å²) in [5.74, 6) is 0. The molecular weight excluding hydrogens is 540 g/mol. The first-order valence-corrected chi connectivity index (χ1v) is 12.4. The first-order valence-electron chi connectivity index (χ1n) is 11.6. The van der Waals surface area contributed by atoms with E-state index in [0.29, 0.717) is 0 Å². The summed E-state index contributed by atoms with van der Waals surface area (Å²) in [6, 6.07) is 37.7. The van der Waals surface area contributed by atoms with Gasteiger partial charge >= 0.3 is 17.1 Å². The molecule has 0 aliphatic rings. The minimum atomic E-state index is 0. The zero-order valence-corrected chi connectivity index (χ0v) is 23.3. The second-order valence-corrected chi connectivity index (χ2v) is 8.74. The summed E-state index contributed by atoms with van der Waals surface area (Å²) in [5.41, 5.74) is 5.91. The molecule has 5 heteroatoms. The maximum absolute atomic E-state index is 4.85. The molecule has 0 amide bonds. The number of aliphatic imine (C=N–C) groups is 2. The summed E-state index contributed by atoms with van der Waals surface area (Å²) in [6.07, 6.45) is 6.22. The zero-order chi connectivity index (χ0) is 25.6. The molecule has 4 rings (SSSR count). The fourth-order valence-electron chi connectivity index (χ4n) is 3.29. The van der Waals surface area contributed by atoms with E-state index in [4.69, 9.17) is 35.2 Å². The van der Waals surface area contributed by atoms with E-state index in [0.717, 1.165) is 43.7 Å². The van der Waals surface area contributed by atoms with Crippen LogP contribution in [0.1, 0.15) is 19.4 Å². The maximum Gasteiger partial charge on any atom is 2.00 e. The van der Waals surface area contributed by atoms with Gasteiger partial charge in [-0.25, -0.2) is 0 Å². The number of hydrogen-bond acceptors (Lipinski definition) is 4. The van der Waals surface area contributed by atoms with Gasteiger partial charge in [-0.05, 0) is 43.7 Å². The summed E-state index contributed by atoms with van der Waals surface area (Å²) in [5, 5.41) is 0. The number of allylic oxidation sites excluding steroid dienone is 3. The van der Waals surface area contributed by atoms with E-state index in [1.807, 2.05) is 117 Å². The Balaban J connectivity index is 0.000000457. The fraction of sp³-hybridized carbons (Fsp3) is 0.0625. The summed E-state index contributed by atoms with van der Waals surface area (Å²) in [4.78, 5) is 11.1. The van der Waals surface area contributed by atoms with E-state index < -0.39 is 0 Å². The van der Waals surface area contributed by atoms with Crippen molar-refractivity contribution in [3.63, 3.8) is 0 Å². The summed E-state index contributed by atoms with van der Waals surface area (Å²) < 4.78 is 0. The van der Waals surface area contributed by atoms with Gasteiger partial charge in [-0.2, -0.15) is 9.79 Å². The molecule has 0 N–H and O–H groups in total. The largest absolute Gasteiger partial charge is 2.00 e. The number of hydrogen-bond donors (Lipinski definition) is 0. The average molecular weight is 568 g/mol. The van der Waals surface area contributed by atoms with Gasteiger partial charge in [0.25, 0.3) is 0 Å². The molecule has 1 radical (unpaired) electrons. The van der Waals surface area contributed by atoms with Crippen LogP contribution in [-0.4, -0.2) is 11.4 Å². The van der Waals surface area contributed by atoms with Crippen LogP contribution in [0.15, 0.2) is 153 Å². The number of para-hydroxylation sites is 2. The van der Waals surface area contributed by atoms with Gasteiger partial charge in [0.15, 0.2) is 0 Å². The first kappa shape index (κ1) is 29.9. The Hall–Kier alpha value is -3.34. The van der Waals surface area contributed by atoms with Crippen LogP contribution in [0.5, 0.6) is 0 Å². The number of nitrogens with zero attached hydrogens (tertiary/aromatic N) is 2. The minimum Gasteiger partial charge on any atom is -0.781 e. The Bertz CT molecular complexity index is 1270. The SMILES string of the molecule is CC(=Nc1ccccc1)C(=C/C=C/c1ccccc1)C(C)=Nc1ccccc1.[Cu+2].[S-]c1ccccc1[S-]. The normalized spacial score (nSPS) is 11.2. The van der Waals surface area contributed by atoms with Crippen LogP contribution >= 0.6 is 0 Å². The Labute approximate surface area is 242 Å². The van der Waals surface area contributed by atoms with Gasteiger partial charge < -0.3 is 25.3 Å². The third kappa shape index (κ3) is 10.7. The van der Waals surface area contributed by atoms with Crippen molar-refractivity contribution >= 4 is 54.1 Å². The Kier molecular flexibility index (Phi) is 13.3. The average Bonchev–Trinajstić information content (AvgIpc) is 2.90. The molecule has 0 spiro atoms. The first-order chi connectivity index (χ1) is 17.5. The molecule has 0 saturated carbocycles. The predicted molar refractivity (Wildman–Crippen MR) is 160 cm³/mol. The monoisotopic (exact) mass is 567 g/mol. The van der Waals surface area contributed by atoms with E-state index in [-0.39, 0.29) is 17.1 Å². The molecule has 0 atom stereocenters. The molecule has 4 aromatic rings. The van der Waals surface area contributed by atoms with Crippen LogP contribution in [0.3, 0.4) is 0 Å². The van der Waals surface area contributed by atoms with E-state index in [1.165, 1.54) is 0 Å². The molecule has 2 nitrogen and oxygen atoms in total. The molecule has 4 aromatic carbocycles. The van der Waals surface area contributed by atoms with Crippen LogP contribution in [0.25, 0.3) is 6.08 Å². The smallest absolute Gasteiger partial charge is 0.781 e. The molecule has 0 aromatic heterocycles. The summed E-state index contributed by atoms with van der Waals surface area (Å²) >= 11 is 9.70. The summed E-state index contributed by atoms with van der Waals surface area (Å²) in [7, 11) is 0. The standard InChI is InChI=1S/C26H24N2.C6H6S2.Cu/c1-21(27-24-16-8-4-9-17-24)26(20-12-15-23-13-6-3-7-14-23)22(2)28-25-18-10-5-11-19-25;7-5-3-1-2-4-6(5)8;/h3-20H,1-2H3;1-4,7-8H;/q;;+2/p-2/b15-12+,26-20?,27-21?,28-22?;;. The van der Waals surface area contributed by atoms with Gasteiger partial charge in [-0.15, -0.1) is 0 Å². The number of rotatable bonds is 6. The molecular formula is C32H28CuN2S2. The van der Waals surface area contributed by atoms with Gasteiger partial charge in [-0.3, -0.25) is 9.98 Å². The zero-order valence-electron chi connectivity index (χ0n) is 20.7. The summed E-state index contributed by atoms with van der Waals surface area (Å²) in [6.45, 7) is 4.05. The van der Waals surface area contributed by atoms with Crippen molar-refractivity contribution in [3.8, 4) is 0 Å². The van der Waals surface area contributed by atoms with Crippen molar-refractivity contribution in [1.82, 2.24) is 0 Å². The van der Waals surface area contributed by atoms with Gasteiger partial charge in [0.1, 0.15) is 0 Å². The van der Waals surface area contributed by atoms with E-state index in [1.54, 1.807) is 0 Å². The molecule has 37 heavy (non-hydrogen) atoms. The molecule has 0 bridgehead atoms. The Morgan fingerprint density at radius 3 is 1.35 bits per heavy atom. The van der Waals surface area contributed by atoms with Gasteiger partial charge in [0.05, 0.1) is 11.4 Å². The second-order valence-electron chi connectivity index (χ2n) is 7.86. The molecule has 0 saturated heterocycles. The van der Waals surface area contributed by atoms with Crippen LogP contribution in [-0.2, 0) is 42.3 Å². The van der Waals surface area contributed by atoms with Crippen molar-refractivity contribution < 1.29 is 17.1 Å². The quantitative estimate of drug-likeness (QED) is 0.101. The Morgan fingerprint density at radius 2 is 0.946 bits per heavy atom. The molecule has 0 unspecified atom stereocenters. The van der Waals surface area contributed by atoms with Crippen LogP contribution < -0.4 is 0 Å². The van der Waals surface area contributed by atoms with Crippen molar-refractivity contribution in [2.75, 3.05) is 0 Å². The van der Waals surface area contributed by atoms with E-state index >= 15 is 0 Å². The van der Waals surface area contributed by atoms with Gasteiger partial charge in [-0.1, -0.05) is 109 Å². The molecule has 0 aliphatic heterocycles. The van der Waals surface area contributed by atoms with Crippen molar-refractivity contribution in [2.45, 2.75) is 23.6 Å². The maximum atomic E-state index is 4.85. The Morgan fingerprint density at radius 1 is 0.568 bits per heavy atom. The second kappa shape index (κ2) is 16.4. The van der Waals surface area contributed by atoms with Crippen LogP contribution in [0, 0.1) is 0 Å². The fourth-order valence-corrected chi connectivity index (χ4v) is 3.58. The predicted octanol–water partition coefficient (Wildman–Crippen LogP) is 8.71. The molecule has 0 aliphatic carbocycles. The molecule has 189 valence electrons. The molecule has 0 heterocycles. The minimum absolute atomic E-state index is 0.